The molecule has 1 aromatic heterocycles. The van der Waals surface area contributed by atoms with Gasteiger partial charge in [0, 0.05) is 6.42 Å². The third-order valence-corrected chi connectivity index (χ3v) is 3.39. The highest BCUT2D eigenvalue weighted by atomic mass is 35.5. The summed E-state index contributed by atoms with van der Waals surface area (Å²) < 4.78 is 1.72. The van der Waals surface area contributed by atoms with Crippen LogP contribution < -0.4 is 0 Å². The summed E-state index contributed by atoms with van der Waals surface area (Å²) in [4.78, 5) is 0. The van der Waals surface area contributed by atoms with Crippen LogP contribution in [0, 0.1) is 0 Å². The lowest BCUT2D eigenvalue weighted by atomic mass is 10.3. The maximum Gasteiger partial charge on any atom is 0.229 e. The lowest BCUT2D eigenvalue weighted by molar-refractivity contribution is 0.803. The Bertz CT molecular complexity index is 537. The van der Waals surface area contributed by atoms with E-state index in [1.165, 1.54) is 0 Å². The zero-order chi connectivity index (χ0) is 12.4. The summed E-state index contributed by atoms with van der Waals surface area (Å²) in [6.45, 7) is 2.06. The Morgan fingerprint density at radius 3 is 2.65 bits per heavy atom. The summed E-state index contributed by atoms with van der Waals surface area (Å²) in [5, 5.41) is 9.12. The van der Waals surface area contributed by atoms with E-state index in [2.05, 4.69) is 17.1 Å². The zero-order valence-corrected chi connectivity index (χ0v) is 11.4. The van der Waals surface area contributed by atoms with Crippen LogP contribution in [0.2, 0.25) is 15.3 Å². The van der Waals surface area contributed by atoms with E-state index in [0.717, 1.165) is 18.7 Å². The van der Waals surface area contributed by atoms with Crippen LogP contribution in [0.5, 0.6) is 0 Å². The maximum absolute atomic E-state index is 6.16. The van der Waals surface area contributed by atoms with Crippen molar-refractivity contribution in [3.05, 3.63) is 39.4 Å². The van der Waals surface area contributed by atoms with Crippen LogP contribution in [0.15, 0.2) is 18.2 Å². The van der Waals surface area contributed by atoms with Crippen molar-refractivity contribution in [1.29, 1.82) is 0 Å². The molecule has 1 aromatic carbocycles. The molecule has 0 N–H and O–H groups in total. The Kier molecular flexibility index (Phi) is 3.92. The van der Waals surface area contributed by atoms with Gasteiger partial charge in [-0.3, -0.25) is 4.57 Å². The van der Waals surface area contributed by atoms with E-state index < -0.39 is 0 Å². The highest BCUT2D eigenvalue weighted by molar-refractivity contribution is 6.43. The molecule has 0 aliphatic heterocycles. The van der Waals surface area contributed by atoms with E-state index in [4.69, 9.17) is 34.8 Å². The number of hydrogen-bond acceptors (Lipinski definition) is 2. The predicted molar refractivity (Wildman–Crippen MR) is 70.4 cm³/mol. The van der Waals surface area contributed by atoms with Gasteiger partial charge in [0.15, 0.2) is 0 Å². The van der Waals surface area contributed by atoms with Crippen molar-refractivity contribution in [2.24, 2.45) is 0 Å². The van der Waals surface area contributed by atoms with Gasteiger partial charge in [0.05, 0.1) is 15.7 Å². The van der Waals surface area contributed by atoms with Crippen molar-refractivity contribution in [3.8, 4) is 5.69 Å². The number of benzene rings is 1. The summed E-state index contributed by atoms with van der Waals surface area (Å²) in [6.07, 6.45) is 1.73. The van der Waals surface area contributed by atoms with Crippen LogP contribution in [-0.2, 0) is 6.42 Å². The molecule has 90 valence electrons. The molecule has 0 radical (unpaired) electrons. The van der Waals surface area contributed by atoms with Gasteiger partial charge in [-0.15, -0.1) is 10.2 Å². The van der Waals surface area contributed by atoms with E-state index in [0.29, 0.717) is 15.7 Å². The van der Waals surface area contributed by atoms with E-state index in [1.807, 2.05) is 12.1 Å². The molecule has 3 nitrogen and oxygen atoms in total. The maximum atomic E-state index is 6.16. The first kappa shape index (κ1) is 12.7. The van der Waals surface area contributed by atoms with E-state index in [1.54, 1.807) is 10.6 Å². The Morgan fingerprint density at radius 2 is 1.94 bits per heavy atom. The van der Waals surface area contributed by atoms with Crippen molar-refractivity contribution in [1.82, 2.24) is 14.8 Å². The second-order valence-electron chi connectivity index (χ2n) is 3.54. The highest BCUT2D eigenvalue weighted by Crippen LogP contribution is 2.30. The van der Waals surface area contributed by atoms with Gasteiger partial charge in [0.2, 0.25) is 5.28 Å². The molecule has 0 fully saturated rings. The Hall–Kier alpha value is -0.770. The van der Waals surface area contributed by atoms with Gasteiger partial charge >= 0.3 is 0 Å². The van der Waals surface area contributed by atoms with Gasteiger partial charge in [-0.2, -0.15) is 0 Å². The summed E-state index contributed by atoms with van der Waals surface area (Å²) in [6, 6.07) is 5.38. The molecule has 0 atom stereocenters. The molecule has 0 bridgehead atoms. The minimum atomic E-state index is 0.289. The number of rotatable bonds is 3. The monoisotopic (exact) mass is 289 g/mol. The summed E-state index contributed by atoms with van der Waals surface area (Å²) >= 11 is 18.2. The first-order valence-corrected chi connectivity index (χ1v) is 6.32. The van der Waals surface area contributed by atoms with Crippen LogP contribution in [0.4, 0.5) is 0 Å². The molecule has 2 aromatic rings. The Labute approximate surface area is 114 Å². The minimum Gasteiger partial charge on any atom is -0.268 e. The summed E-state index contributed by atoms with van der Waals surface area (Å²) in [5.41, 5.74) is 0.706. The minimum absolute atomic E-state index is 0.289. The second kappa shape index (κ2) is 5.25. The molecule has 17 heavy (non-hydrogen) atoms. The third-order valence-electron chi connectivity index (χ3n) is 2.34. The van der Waals surface area contributed by atoms with Crippen molar-refractivity contribution >= 4 is 34.8 Å². The Morgan fingerprint density at radius 1 is 1.18 bits per heavy atom. The first-order chi connectivity index (χ1) is 8.15. The molecule has 0 saturated carbocycles. The first-order valence-electron chi connectivity index (χ1n) is 5.19. The smallest absolute Gasteiger partial charge is 0.229 e. The molecule has 6 heteroatoms. The molecule has 0 amide bonds. The van der Waals surface area contributed by atoms with Crippen LogP contribution in [0.1, 0.15) is 19.2 Å². The van der Waals surface area contributed by atoms with Crippen LogP contribution >= 0.6 is 34.8 Å². The molecule has 1 heterocycles. The zero-order valence-electron chi connectivity index (χ0n) is 9.12. The topological polar surface area (TPSA) is 30.7 Å². The Balaban J connectivity index is 2.59. The van der Waals surface area contributed by atoms with Crippen LogP contribution in [0.25, 0.3) is 5.69 Å². The SMILES string of the molecule is CCCc1nnc(Cl)n1-c1cccc(Cl)c1Cl. The van der Waals surface area contributed by atoms with Gasteiger partial charge in [-0.1, -0.05) is 36.2 Å². The molecular weight excluding hydrogens is 281 g/mol. The van der Waals surface area contributed by atoms with Crippen molar-refractivity contribution in [2.45, 2.75) is 19.8 Å². The standard InChI is InChI=1S/C11H10Cl3N3/c1-2-4-9-15-16-11(14)17(9)8-6-3-5-7(12)10(8)13/h3,5-6H,2,4H2,1H3. The molecular formula is C11H10Cl3N3. The fourth-order valence-corrected chi connectivity index (χ4v) is 2.19. The number of aromatic nitrogens is 3. The molecule has 0 aliphatic rings. The number of halogens is 3. The molecule has 0 aliphatic carbocycles. The normalized spacial score (nSPS) is 10.8. The van der Waals surface area contributed by atoms with Gasteiger partial charge < -0.3 is 0 Å². The van der Waals surface area contributed by atoms with Crippen molar-refractivity contribution < 1.29 is 0 Å². The van der Waals surface area contributed by atoms with Gasteiger partial charge in [-0.25, -0.2) is 0 Å². The summed E-state index contributed by atoms with van der Waals surface area (Å²) in [5.74, 6) is 0.779. The average molecular weight is 291 g/mol. The van der Waals surface area contributed by atoms with Crippen LogP contribution in [0.3, 0.4) is 0 Å². The highest BCUT2D eigenvalue weighted by Gasteiger charge is 2.15. The molecule has 0 saturated heterocycles. The fraction of sp³-hybridized carbons (Fsp3) is 0.273. The lowest BCUT2D eigenvalue weighted by Gasteiger charge is -2.09. The number of aryl methyl sites for hydroxylation is 1. The van der Waals surface area contributed by atoms with Gasteiger partial charge in [0.25, 0.3) is 0 Å². The fourth-order valence-electron chi connectivity index (χ4n) is 1.58. The van der Waals surface area contributed by atoms with E-state index >= 15 is 0 Å². The third kappa shape index (κ3) is 2.41. The number of hydrogen-bond donors (Lipinski definition) is 0. The van der Waals surface area contributed by atoms with Crippen molar-refractivity contribution in [3.63, 3.8) is 0 Å². The predicted octanol–water partition coefficient (Wildman–Crippen LogP) is 4.18. The quantitative estimate of drug-likeness (QED) is 0.849. The lowest BCUT2D eigenvalue weighted by Crippen LogP contribution is -2.02. The van der Waals surface area contributed by atoms with Gasteiger partial charge in [-0.05, 0) is 30.2 Å². The average Bonchev–Trinajstić information content (AvgIpc) is 2.65. The van der Waals surface area contributed by atoms with Gasteiger partial charge in [0.1, 0.15) is 5.82 Å². The number of nitrogens with zero attached hydrogens (tertiary/aromatic N) is 3. The van der Waals surface area contributed by atoms with E-state index in [9.17, 15) is 0 Å². The molecule has 0 spiro atoms. The van der Waals surface area contributed by atoms with Crippen LogP contribution in [-0.4, -0.2) is 14.8 Å². The van der Waals surface area contributed by atoms with Crippen molar-refractivity contribution in [2.75, 3.05) is 0 Å². The molecule has 0 unspecified atom stereocenters. The van der Waals surface area contributed by atoms with E-state index in [-0.39, 0.29) is 5.28 Å². The second-order valence-corrected chi connectivity index (χ2v) is 4.67. The molecule has 2 rings (SSSR count). The largest absolute Gasteiger partial charge is 0.268 e. The summed E-state index contributed by atoms with van der Waals surface area (Å²) in [7, 11) is 0.